The summed E-state index contributed by atoms with van der Waals surface area (Å²) >= 11 is 0. The summed E-state index contributed by atoms with van der Waals surface area (Å²) in [5.74, 6) is -1.07. The van der Waals surface area contributed by atoms with Gasteiger partial charge in [0.05, 0.1) is 50.5 Å². The smallest absolute Gasteiger partial charge is 0.414 e. The lowest BCUT2D eigenvalue weighted by atomic mass is 9.82. The van der Waals surface area contributed by atoms with Gasteiger partial charge in [-0.25, -0.2) is 9.59 Å². The second kappa shape index (κ2) is 13.3. The van der Waals surface area contributed by atoms with Gasteiger partial charge in [-0.2, -0.15) is 0 Å². The molecule has 14 heteroatoms. The summed E-state index contributed by atoms with van der Waals surface area (Å²) < 4.78 is 17.3. The van der Waals surface area contributed by atoms with Crippen LogP contribution < -0.4 is 14.7 Å². The van der Waals surface area contributed by atoms with Gasteiger partial charge >= 0.3 is 12.2 Å². The number of hydrogen-bond acceptors (Lipinski definition) is 9. The minimum absolute atomic E-state index is 0.0758. The number of hydrogen-bond donors (Lipinski definition) is 2. The minimum Gasteiger partial charge on any atom is -0.447 e. The minimum atomic E-state index is -3.11. The number of benzene rings is 3. The molecule has 5 atom stereocenters. The van der Waals surface area contributed by atoms with Gasteiger partial charge in [0.25, 0.3) is 5.91 Å². The van der Waals surface area contributed by atoms with Crippen LogP contribution in [-0.4, -0.2) is 92.2 Å². The first-order valence-electron chi connectivity index (χ1n) is 18.2. The largest absolute Gasteiger partial charge is 0.447 e. The molecule has 0 aromatic heterocycles. The fraction of sp³-hybridized carbons (Fsp3) is 0.436. The van der Waals surface area contributed by atoms with Gasteiger partial charge in [-0.1, -0.05) is 43.3 Å². The predicted molar refractivity (Wildman–Crippen MR) is 197 cm³/mol. The van der Waals surface area contributed by atoms with Gasteiger partial charge in [0.2, 0.25) is 5.91 Å². The zero-order valence-corrected chi connectivity index (χ0v) is 31.1. The summed E-state index contributed by atoms with van der Waals surface area (Å²) in [4.78, 5) is 72.5. The molecule has 13 nitrogen and oxygen atoms in total. The van der Waals surface area contributed by atoms with Crippen molar-refractivity contribution in [2.75, 3.05) is 47.6 Å². The molecule has 53 heavy (non-hydrogen) atoms. The van der Waals surface area contributed by atoms with E-state index in [1.807, 2.05) is 80.7 Å². The third kappa shape index (κ3) is 5.88. The van der Waals surface area contributed by atoms with Crippen molar-refractivity contribution < 1.29 is 43.3 Å². The number of nitrogens with zero attached hydrogens (tertiary/aromatic N) is 4. The average molecular weight is 741 g/mol. The van der Waals surface area contributed by atoms with Crippen LogP contribution in [0.5, 0.6) is 0 Å². The third-order valence-electron chi connectivity index (χ3n) is 11.7. The monoisotopic (exact) mass is 740 g/mol. The SMILES string of the molecule is C[C@H]1[C@H]([Si](C)(C)O)[C@@H](CC(=O)N2Cc3ccccc3C[C@H]2CO)O[C@]12C(=O)N(Cc1ccc(N3CCOC3=O)cc1)c1ccc(N3CCOC3=O)cc12. The van der Waals surface area contributed by atoms with E-state index in [2.05, 4.69) is 0 Å². The number of fused-ring (bicyclic) bond motifs is 3. The quantitative estimate of drug-likeness (QED) is 0.323. The highest BCUT2D eigenvalue weighted by molar-refractivity contribution is 6.71. The van der Waals surface area contributed by atoms with E-state index in [1.54, 1.807) is 20.8 Å². The van der Waals surface area contributed by atoms with Gasteiger partial charge in [-0.3, -0.25) is 19.4 Å². The van der Waals surface area contributed by atoms with Crippen molar-refractivity contribution in [1.82, 2.24) is 4.90 Å². The van der Waals surface area contributed by atoms with Crippen molar-refractivity contribution in [1.29, 1.82) is 0 Å². The molecule has 8 rings (SSSR count). The number of ether oxygens (including phenoxy) is 3. The molecule has 5 aliphatic heterocycles. The summed E-state index contributed by atoms with van der Waals surface area (Å²) in [5, 5.41) is 10.3. The van der Waals surface area contributed by atoms with Crippen molar-refractivity contribution in [2.24, 2.45) is 5.92 Å². The summed E-state index contributed by atoms with van der Waals surface area (Å²) in [6.45, 7) is 7.28. The molecular formula is C39H44N4O9Si. The van der Waals surface area contributed by atoms with E-state index in [-0.39, 0.29) is 38.0 Å². The molecule has 3 saturated heterocycles. The Hall–Kier alpha value is -4.76. The molecule has 5 aliphatic rings. The number of cyclic esters (lactones) is 2. The highest BCUT2D eigenvalue weighted by Gasteiger charge is 2.66. The number of aliphatic hydroxyl groups is 1. The standard InChI is InChI=1S/C39H44N4O9Si/c1-24-35(53(2,3)49)33(20-34(45)42-22-27-7-5-4-6-26(27)18-30(42)23-44)52-39(24)31-19-29(41-15-17-51-38(41)48)12-13-32(31)43(36(39)46)21-25-8-10-28(11-9-25)40-14-16-50-37(40)47/h4-13,19,24,30,33,35,44,49H,14-18,20-23H2,1-3H3/t24-,30-,33+,35-,39+/m0/s1. The molecule has 278 valence electrons. The fourth-order valence-electron chi connectivity index (χ4n) is 9.14. The molecule has 5 heterocycles. The second-order valence-electron chi connectivity index (χ2n) is 15.2. The fourth-order valence-corrected chi connectivity index (χ4v) is 11.7. The lowest BCUT2D eigenvalue weighted by Crippen LogP contribution is -2.48. The Morgan fingerprint density at radius 1 is 0.906 bits per heavy atom. The molecule has 1 spiro atoms. The first kappa shape index (κ1) is 35.3. The summed E-state index contributed by atoms with van der Waals surface area (Å²) in [6.07, 6.45) is -1.22. The van der Waals surface area contributed by atoms with Crippen LogP contribution in [0.3, 0.4) is 0 Å². The highest BCUT2D eigenvalue weighted by atomic mass is 28.4. The first-order valence-corrected chi connectivity index (χ1v) is 21.2. The number of carbonyl (C=O) groups excluding carboxylic acids is 4. The van der Waals surface area contributed by atoms with Crippen molar-refractivity contribution in [3.8, 4) is 0 Å². The molecule has 2 N–H and O–H groups in total. The van der Waals surface area contributed by atoms with Gasteiger partial charge in [0.15, 0.2) is 13.9 Å². The van der Waals surface area contributed by atoms with E-state index < -0.39 is 49.7 Å². The Kier molecular flexibility index (Phi) is 8.83. The van der Waals surface area contributed by atoms with E-state index in [0.717, 1.165) is 16.7 Å². The molecular weight excluding hydrogens is 697 g/mol. The molecule has 4 amide bonds. The van der Waals surface area contributed by atoms with E-state index in [0.29, 0.717) is 55.3 Å². The Labute approximate surface area is 308 Å². The van der Waals surface area contributed by atoms with Gasteiger partial charge in [-0.15, -0.1) is 0 Å². The molecule has 3 aromatic rings. The molecule has 3 aromatic carbocycles. The molecule has 0 bridgehead atoms. The van der Waals surface area contributed by atoms with E-state index in [1.165, 1.54) is 4.90 Å². The topological polar surface area (TPSA) is 149 Å². The zero-order valence-electron chi connectivity index (χ0n) is 30.1. The van der Waals surface area contributed by atoms with Crippen LogP contribution in [0.1, 0.15) is 35.6 Å². The van der Waals surface area contributed by atoms with Crippen molar-refractivity contribution in [2.45, 2.75) is 69.2 Å². The van der Waals surface area contributed by atoms with Crippen LogP contribution >= 0.6 is 0 Å². The Balaban J connectivity index is 1.15. The maximum atomic E-state index is 15.1. The summed E-state index contributed by atoms with van der Waals surface area (Å²) in [6, 6.07) is 20.3. The van der Waals surface area contributed by atoms with Crippen LogP contribution in [0.15, 0.2) is 66.7 Å². The normalized spacial score (nSPS) is 26.7. The Morgan fingerprint density at radius 2 is 1.55 bits per heavy atom. The van der Waals surface area contributed by atoms with Crippen molar-refractivity contribution in [3.63, 3.8) is 0 Å². The number of aliphatic hydroxyl groups excluding tert-OH is 1. The summed E-state index contributed by atoms with van der Waals surface area (Å²) in [5.41, 5.74) is 3.32. The van der Waals surface area contributed by atoms with Gasteiger partial charge in [-0.05, 0) is 66.5 Å². The van der Waals surface area contributed by atoms with E-state index >= 15 is 4.79 Å². The zero-order chi connectivity index (χ0) is 37.2. The van der Waals surface area contributed by atoms with Gasteiger partial charge in [0, 0.05) is 34.9 Å². The number of carbonyl (C=O) groups is 4. The van der Waals surface area contributed by atoms with Crippen molar-refractivity contribution >= 4 is 49.4 Å². The van der Waals surface area contributed by atoms with Crippen LogP contribution in [0.4, 0.5) is 26.7 Å². The van der Waals surface area contributed by atoms with E-state index in [9.17, 15) is 24.3 Å². The highest BCUT2D eigenvalue weighted by Crippen LogP contribution is 2.60. The summed E-state index contributed by atoms with van der Waals surface area (Å²) in [7, 11) is -3.11. The maximum Gasteiger partial charge on any atom is 0.414 e. The van der Waals surface area contributed by atoms with Gasteiger partial charge < -0.3 is 33.9 Å². The molecule has 3 fully saturated rings. The lowest BCUT2D eigenvalue weighted by molar-refractivity contribution is -0.151. The molecule has 0 aliphatic carbocycles. The third-order valence-corrected chi connectivity index (χ3v) is 14.2. The van der Waals surface area contributed by atoms with Crippen molar-refractivity contribution in [3.05, 3.63) is 89.0 Å². The van der Waals surface area contributed by atoms with Crippen LogP contribution in [0.25, 0.3) is 0 Å². The second-order valence-corrected chi connectivity index (χ2v) is 19.2. The van der Waals surface area contributed by atoms with E-state index in [4.69, 9.17) is 14.2 Å². The average Bonchev–Trinajstić information content (AvgIpc) is 3.90. The molecule has 0 unspecified atom stereocenters. The Morgan fingerprint density at radius 3 is 2.17 bits per heavy atom. The first-order chi connectivity index (χ1) is 25.4. The predicted octanol–water partition coefficient (Wildman–Crippen LogP) is 4.28. The molecule has 0 radical (unpaired) electrons. The van der Waals surface area contributed by atoms with Crippen LogP contribution in [-0.2, 0) is 48.9 Å². The number of rotatable bonds is 8. The lowest BCUT2D eigenvalue weighted by Gasteiger charge is -2.37. The maximum absolute atomic E-state index is 15.1. The van der Waals surface area contributed by atoms with Crippen LogP contribution in [0.2, 0.25) is 18.6 Å². The Bertz CT molecular complexity index is 1970. The number of anilines is 3. The van der Waals surface area contributed by atoms with Crippen LogP contribution in [0, 0.1) is 5.92 Å². The number of amides is 4. The van der Waals surface area contributed by atoms with Gasteiger partial charge in [0.1, 0.15) is 13.2 Å². The molecule has 0 saturated carbocycles.